The molecule has 1 N–H and O–H groups in total. The molecule has 1 aromatic heterocycles. The fourth-order valence-electron chi connectivity index (χ4n) is 2.95. The van der Waals surface area contributed by atoms with Crippen LogP contribution >= 0.6 is 11.6 Å². The van der Waals surface area contributed by atoms with Gasteiger partial charge in [0, 0.05) is 22.4 Å². The summed E-state index contributed by atoms with van der Waals surface area (Å²) in [5.74, 6) is 1.67. The maximum atomic E-state index is 6.00. The minimum Gasteiger partial charge on any atom is -0.461 e. The van der Waals surface area contributed by atoms with Crippen LogP contribution in [0, 0.1) is 0 Å². The van der Waals surface area contributed by atoms with Gasteiger partial charge < -0.3 is 9.73 Å². The lowest BCUT2D eigenvalue weighted by molar-refractivity contribution is 0.477. The summed E-state index contributed by atoms with van der Waals surface area (Å²) in [6, 6.07) is 8.61. The summed E-state index contributed by atoms with van der Waals surface area (Å²) >= 11 is 6.00. The van der Waals surface area contributed by atoms with Gasteiger partial charge in [-0.15, -0.1) is 0 Å². The van der Waals surface area contributed by atoms with Crippen LogP contribution in [0.1, 0.15) is 37.9 Å². The van der Waals surface area contributed by atoms with E-state index >= 15 is 0 Å². The van der Waals surface area contributed by atoms with Crippen molar-refractivity contribution in [2.75, 3.05) is 6.54 Å². The first-order chi connectivity index (χ1) is 8.76. The molecule has 18 heavy (non-hydrogen) atoms. The van der Waals surface area contributed by atoms with E-state index in [0.717, 1.165) is 28.3 Å². The monoisotopic (exact) mass is 263 g/mol. The van der Waals surface area contributed by atoms with Gasteiger partial charge in [-0.1, -0.05) is 18.5 Å². The zero-order valence-electron chi connectivity index (χ0n) is 10.6. The molecule has 0 bridgehead atoms. The second-order valence-corrected chi connectivity index (χ2v) is 5.53. The molecule has 0 aliphatic heterocycles. The van der Waals surface area contributed by atoms with E-state index < -0.39 is 0 Å². The highest BCUT2D eigenvalue weighted by Crippen LogP contribution is 2.37. The Balaban J connectivity index is 1.82. The zero-order chi connectivity index (χ0) is 12.5. The molecule has 1 fully saturated rings. The number of fused-ring (bicyclic) bond motifs is 1. The van der Waals surface area contributed by atoms with Crippen LogP contribution in [-0.4, -0.2) is 12.6 Å². The lowest BCUT2D eigenvalue weighted by atomic mass is 10.0. The highest BCUT2D eigenvalue weighted by molar-refractivity contribution is 6.31. The number of nitrogens with one attached hydrogen (secondary N) is 1. The van der Waals surface area contributed by atoms with Crippen molar-refractivity contribution in [3.8, 4) is 0 Å². The Morgan fingerprint density at radius 1 is 1.33 bits per heavy atom. The Kier molecular flexibility index (Phi) is 3.31. The maximum Gasteiger partial charge on any atom is 0.134 e. The molecule has 2 aromatic rings. The third-order valence-corrected chi connectivity index (χ3v) is 4.06. The van der Waals surface area contributed by atoms with Crippen LogP contribution in [0.4, 0.5) is 0 Å². The third kappa shape index (κ3) is 2.27. The van der Waals surface area contributed by atoms with E-state index in [1.165, 1.54) is 19.3 Å². The molecule has 0 amide bonds. The van der Waals surface area contributed by atoms with Crippen molar-refractivity contribution in [3.63, 3.8) is 0 Å². The van der Waals surface area contributed by atoms with E-state index in [1.54, 1.807) is 0 Å². The van der Waals surface area contributed by atoms with Crippen LogP contribution in [0.3, 0.4) is 0 Å². The van der Waals surface area contributed by atoms with Crippen molar-refractivity contribution in [3.05, 3.63) is 35.0 Å². The van der Waals surface area contributed by atoms with E-state index in [0.29, 0.717) is 12.0 Å². The van der Waals surface area contributed by atoms with Crippen LogP contribution in [0.5, 0.6) is 0 Å². The Hall–Kier alpha value is -0.990. The van der Waals surface area contributed by atoms with Gasteiger partial charge >= 0.3 is 0 Å². The molecule has 2 unspecified atom stereocenters. The zero-order valence-corrected chi connectivity index (χ0v) is 11.3. The molecule has 3 rings (SSSR count). The number of hydrogen-bond acceptors (Lipinski definition) is 2. The first kappa shape index (κ1) is 12.1. The summed E-state index contributed by atoms with van der Waals surface area (Å²) < 4.78 is 5.95. The number of rotatable bonds is 3. The van der Waals surface area contributed by atoms with Gasteiger partial charge in [0.25, 0.3) is 0 Å². The van der Waals surface area contributed by atoms with Crippen molar-refractivity contribution >= 4 is 22.6 Å². The van der Waals surface area contributed by atoms with Crippen molar-refractivity contribution in [2.45, 2.75) is 38.1 Å². The van der Waals surface area contributed by atoms with Crippen molar-refractivity contribution in [2.24, 2.45) is 0 Å². The molecule has 3 heteroatoms. The molecule has 0 saturated heterocycles. The summed E-state index contributed by atoms with van der Waals surface area (Å²) in [4.78, 5) is 0. The summed E-state index contributed by atoms with van der Waals surface area (Å²) in [5, 5.41) is 5.41. The standard InChI is InChI=1S/C15H18ClNO/c1-2-17-13-5-3-10(8-13)15-9-11-7-12(16)4-6-14(11)18-15/h4,6-7,9-10,13,17H,2-3,5,8H2,1H3. The Labute approximate surface area is 112 Å². The average molecular weight is 264 g/mol. The minimum atomic E-state index is 0.556. The number of halogens is 1. The van der Waals surface area contributed by atoms with Crippen LogP contribution in [-0.2, 0) is 0 Å². The molecule has 2 nitrogen and oxygen atoms in total. The molecule has 1 aliphatic rings. The molecule has 1 aromatic carbocycles. The molecular weight excluding hydrogens is 246 g/mol. The average Bonchev–Trinajstić information content (AvgIpc) is 2.94. The van der Waals surface area contributed by atoms with Crippen LogP contribution in [0.15, 0.2) is 28.7 Å². The van der Waals surface area contributed by atoms with E-state index in [4.69, 9.17) is 16.0 Å². The fraction of sp³-hybridized carbons (Fsp3) is 0.467. The number of hydrogen-bond donors (Lipinski definition) is 1. The second-order valence-electron chi connectivity index (χ2n) is 5.10. The first-order valence-corrected chi connectivity index (χ1v) is 7.06. The van der Waals surface area contributed by atoms with Gasteiger partial charge in [-0.2, -0.15) is 0 Å². The smallest absolute Gasteiger partial charge is 0.134 e. The summed E-state index contributed by atoms with van der Waals surface area (Å²) in [7, 11) is 0. The van der Waals surface area contributed by atoms with Gasteiger partial charge in [0.15, 0.2) is 0 Å². The van der Waals surface area contributed by atoms with Crippen LogP contribution < -0.4 is 5.32 Å². The summed E-state index contributed by atoms with van der Waals surface area (Å²) in [6.45, 7) is 3.21. The van der Waals surface area contributed by atoms with Gasteiger partial charge in [-0.25, -0.2) is 0 Å². The molecule has 1 saturated carbocycles. The maximum absolute atomic E-state index is 6.00. The fourth-order valence-corrected chi connectivity index (χ4v) is 3.13. The normalized spacial score (nSPS) is 23.9. The predicted octanol–water partition coefficient (Wildman–Crippen LogP) is 4.33. The SMILES string of the molecule is CCNC1CCC(c2cc3cc(Cl)ccc3o2)C1. The van der Waals surface area contributed by atoms with Crippen LogP contribution in [0.2, 0.25) is 5.02 Å². The third-order valence-electron chi connectivity index (χ3n) is 3.83. The van der Waals surface area contributed by atoms with Gasteiger partial charge in [0.1, 0.15) is 11.3 Å². The highest BCUT2D eigenvalue weighted by Gasteiger charge is 2.27. The summed E-state index contributed by atoms with van der Waals surface area (Å²) in [5.41, 5.74) is 0.946. The lowest BCUT2D eigenvalue weighted by Gasteiger charge is -2.09. The van der Waals surface area contributed by atoms with E-state index in [-0.39, 0.29) is 0 Å². The lowest BCUT2D eigenvalue weighted by Crippen LogP contribution is -2.25. The number of benzene rings is 1. The topological polar surface area (TPSA) is 25.2 Å². The van der Waals surface area contributed by atoms with Gasteiger partial charge in [0.2, 0.25) is 0 Å². The van der Waals surface area contributed by atoms with Crippen molar-refractivity contribution in [1.82, 2.24) is 5.32 Å². The summed E-state index contributed by atoms with van der Waals surface area (Å²) in [6.07, 6.45) is 3.64. The van der Waals surface area contributed by atoms with Crippen LogP contribution in [0.25, 0.3) is 11.0 Å². The highest BCUT2D eigenvalue weighted by atomic mass is 35.5. The first-order valence-electron chi connectivity index (χ1n) is 6.68. The van der Waals surface area contributed by atoms with Crippen molar-refractivity contribution < 1.29 is 4.42 Å². The van der Waals surface area contributed by atoms with Gasteiger partial charge in [-0.05, 0) is 50.1 Å². The number of furan rings is 1. The molecule has 0 spiro atoms. The van der Waals surface area contributed by atoms with Crippen molar-refractivity contribution in [1.29, 1.82) is 0 Å². The van der Waals surface area contributed by atoms with E-state index in [1.807, 2.05) is 18.2 Å². The second kappa shape index (κ2) is 4.94. The Bertz CT molecular complexity index is 548. The quantitative estimate of drug-likeness (QED) is 0.892. The largest absolute Gasteiger partial charge is 0.461 e. The van der Waals surface area contributed by atoms with E-state index in [9.17, 15) is 0 Å². The van der Waals surface area contributed by atoms with Gasteiger partial charge in [-0.3, -0.25) is 0 Å². The molecule has 0 radical (unpaired) electrons. The molecule has 1 aliphatic carbocycles. The Morgan fingerprint density at radius 2 is 2.22 bits per heavy atom. The molecular formula is C15H18ClNO. The van der Waals surface area contributed by atoms with E-state index in [2.05, 4.69) is 18.3 Å². The molecule has 96 valence electrons. The van der Waals surface area contributed by atoms with Gasteiger partial charge in [0.05, 0.1) is 0 Å². The Morgan fingerprint density at radius 3 is 3.06 bits per heavy atom. The predicted molar refractivity (Wildman–Crippen MR) is 75.3 cm³/mol. The molecule has 2 atom stereocenters. The minimum absolute atomic E-state index is 0.556. The molecule has 1 heterocycles.